The molecule has 0 bridgehead atoms. The highest BCUT2D eigenvalue weighted by Crippen LogP contribution is 2.26. The molecule has 20 heavy (non-hydrogen) atoms. The number of alkyl halides is 3. The third-order valence-corrected chi connectivity index (χ3v) is 3.24. The minimum Gasteiger partial charge on any atom is -0.434 e. The summed E-state index contributed by atoms with van der Waals surface area (Å²) >= 11 is 9.26. The number of hydrogen-bond donors (Lipinski definition) is 0. The molecule has 2 rings (SSSR count). The molecular weight excluding hydrogens is 356 g/mol. The normalized spacial score (nSPS) is 12.7. The Morgan fingerprint density at radius 1 is 1.45 bits per heavy atom. The standard InChI is InChI=1S/C12H11BrClF2N3O/c1-7(13)10-6-19(18-17-10)5-8-4-9(14)2-3-11(8)20-12(15)16/h2-4,6-7,12H,5H2,1H3. The van der Waals surface area contributed by atoms with E-state index in [1.165, 1.54) is 16.8 Å². The lowest BCUT2D eigenvalue weighted by atomic mass is 10.2. The van der Waals surface area contributed by atoms with Crippen LogP contribution >= 0.6 is 27.5 Å². The Morgan fingerprint density at radius 3 is 2.80 bits per heavy atom. The van der Waals surface area contributed by atoms with E-state index in [1.54, 1.807) is 12.3 Å². The molecule has 0 amide bonds. The van der Waals surface area contributed by atoms with Gasteiger partial charge in [0.05, 0.1) is 17.1 Å². The summed E-state index contributed by atoms with van der Waals surface area (Å²) in [4.78, 5) is 0.0624. The van der Waals surface area contributed by atoms with Gasteiger partial charge in [0, 0.05) is 16.8 Å². The van der Waals surface area contributed by atoms with Crippen LogP contribution in [0.1, 0.15) is 23.0 Å². The molecule has 0 saturated carbocycles. The molecule has 4 nitrogen and oxygen atoms in total. The molecular formula is C12H11BrClF2N3O. The Hall–Kier alpha value is -1.21. The second kappa shape index (κ2) is 6.49. The summed E-state index contributed by atoms with van der Waals surface area (Å²) in [6.45, 7) is -0.724. The van der Waals surface area contributed by atoms with Crippen LogP contribution in [-0.2, 0) is 6.54 Å². The van der Waals surface area contributed by atoms with Crippen molar-refractivity contribution in [3.05, 3.63) is 40.7 Å². The molecule has 0 aliphatic rings. The molecule has 8 heteroatoms. The minimum atomic E-state index is -2.89. The van der Waals surface area contributed by atoms with Crippen molar-refractivity contribution in [2.24, 2.45) is 0 Å². The maximum absolute atomic E-state index is 12.4. The topological polar surface area (TPSA) is 39.9 Å². The van der Waals surface area contributed by atoms with Crippen LogP contribution in [-0.4, -0.2) is 21.6 Å². The van der Waals surface area contributed by atoms with Gasteiger partial charge in [0.25, 0.3) is 0 Å². The van der Waals surface area contributed by atoms with Gasteiger partial charge in [0.15, 0.2) is 0 Å². The van der Waals surface area contributed by atoms with Crippen molar-refractivity contribution in [1.82, 2.24) is 15.0 Å². The number of hydrogen-bond acceptors (Lipinski definition) is 3. The van der Waals surface area contributed by atoms with Crippen LogP contribution in [0.4, 0.5) is 8.78 Å². The Balaban J connectivity index is 2.24. The maximum atomic E-state index is 12.4. The van der Waals surface area contributed by atoms with E-state index in [9.17, 15) is 8.78 Å². The quantitative estimate of drug-likeness (QED) is 0.750. The zero-order valence-electron chi connectivity index (χ0n) is 10.4. The lowest BCUT2D eigenvalue weighted by molar-refractivity contribution is -0.0505. The Bertz CT molecular complexity index is 592. The van der Waals surface area contributed by atoms with Gasteiger partial charge < -0.3 is 4.74 Å². The SMILES string of the molecule is CC(Br)c1cn(Cc2cc(Cl)ccc2OC(F)F)nn1. The number of halogens is 4. The number of rotatable bonds is 5. The number of ether oxygens (including phenoxy) is 1. The molecule has 0 fully saturated rings. The zero-order chi connectivity index (χ0) is 14.7. The Morgan fingerprint density at radius 2 is 2.20 bits per heavy atom. The summed E-state index contributed by atoms with van der Waals surface area (Å²) in [5.74, 6) is 0.0772. The van der Waals surface area contributed by atoms with Crippen LogP contribution in [0.15, 0.2) is 24.4 Å². The van der Waals surface area contributed by atoms with Crippen LogP contribution in [0.3, 0.4) is 0 Å². The summed E-state index contributed by atoms with van der Waals surface area (Å²) in [5, 5.41) is 8.34. The van der Waals surface area contributed by atoms with Crippen LogP contribution in [0.25, 0.3) is 0 Å². The first-order valence-electron chi connectivity index (χ1n) is 5.73. The van der Waals surface area contributed by atoms with Crippen molar-refractivity contribution < 1.29 is 13.5 Å². The average Bonchev–Trinajstić information content (AvgIpc) is 2.81. The molecule has 1 unspecified atom stereocenters. The van der Waals surface area contributed by atoms with E-state index in [-0.39, 0.29) is 17.1 Å². The number of aromatic nitrogens is 3. The summed E-state index contributed by atoms with van der Waals surface area (Å²) < 4.78 is 30.7. The molecule has 1 aromatic carbocycles. The minimum absolute atomic E-state index is 0.0624. The molecule has 108 valence electrons. The van der Waals surface area contributed by atoms with E-state index in [0.717, 1.165) is 5.69 Å². The first-order chi connectivity index (χ1) is 9.45. The summed E-state index contributed by atoms with van der Waals surface area (Å²) in [5.41, 5.74) is 1.26. The third kappa shape index (κ3) is 3.89. The molecule has 1 atom stereocenters. The van der Waals surface area contributed by atoms with Gasteiger partial charge in [-0.1, -0.05) is 32.7 Å². The molecule has 0 aliphatic carbocycles. The fourth-order valence-corrected chi connectivity index (χ4v) is 2.03. The maximum Gasteiger partial charge on any atom is 0.387 e. The molecule has 0 spiro atoms. The van der Waals surface area contributed by atoms with Gasteiger partial charge in [-0.25, -0.2) is 4.68 Å². The van der Waals surface area contributed by atoms with Gasteiger partial charge in [0.1, 0.15) is 5.75 Å². The largest absolute Gasteiger partial charge is 0.434 e. The van der Waals surface area contributed by atoms with Crippen molar-refractivity contribution >= 4 is 27.5 Å². The molecule has 1 aromatic heterocycles. The molecule has 0 radical (unpaired) electrons. The van der Waals surface area contributed by atoms with E-state index in [4.69, 9.17) is 11.6 Å². The predicted octanol–water partition coefficient (Wildman–Crippen LogP) is 4.04. The monoisotopic (exact) mass is 365 g/mol. The first kappa shape index (κ1) is 15.2. The molecule has 1 heterocycles. The predicted molar refractivity (Wildman–Crippen MR) is 74.6 cm³/mol. The van der Waals surface area contributed by atoms with E-state index < -0.39 is 6.61 Å². The Labute approximate surface area is 127 Å². The summed E-state index contributed by atoms with van der Waals surface area (Å²) in [6, 6.07) is 4.48. The van der Waals surface area contributed by atoms with Crippen LogP contribution in [0, 0.1) is 0 Å². The highest BCUT2D eigenvalue weighted by molar-refractivity contribution is 9.09. The molecule has 0 aliphatic heterocycles. The third-order valence-electron chi connectivity index (χ3n) is 2.53. The van der Waals surface area contributed by atoms with Crippen molar-refractivity contribution in [2.75, 3.05) is 0 Å². The molecule has 0 saturated heterocycles. The highest BCUT2D eigenvalue weighted by Gasteiger charge is 2.12. The smallest absolute Gasteiger partial charge is 0.387 e. The van der Waals surface area contributed by atoms with Gasteiger partial charge in [-0.05, 0) is 25.1 Å². The van der Waals surface area contributed by atoms with E-state index in [0.29, 0.717) is 10.6 Å². The van der Waals surface area contributed by atoms with Gasteiger partial charge >= 0.3 is 6.61 Å². The average molecular weight is 367 g/mol. The summed E-state index contributed by atoms with van der Waals surface area (Å²) in [6.07, 6.45) is 1.73. The van der Waals surface area contributed by atoms with E-state index >= 15 is 0 Å². The van der Waals surface area contributed by atoms with Crippen molar-refractivity contribution in [3.8, 4) is 5.75 Å². The van der Waals surface area contributed by atoms with Gasteiger partial charge in [-0.2, -0.15) is 8.78 Å². The lowest BCUT2D eigenvalue weighted by Gasteiger charge is -2.10. The fourth-order valence-electron chi connectivity index (χ4n) is 1.63. The van der Waals surface area contributed by atoms with Gasteiger partial charge in [0.2, 0.25) is 0 Å². The van der Waals surface area contributed by atoms with Crippen LogP contribution < -0.4 is 4.74 Å². The molecule has 0 N–H and O–H groups in total. The number of nitrogens with zero attached hydrogens (tertiary/aromatic N) is 3. The van der Waals surface area contributed by atoms with Gasteiger partial charge in [-0.15, -0.1) is 5.10 Å². The van der Waals surface area contributed by atoms with E-state index in [2.05, 4.69) is 31.0 Å². The van der Waals surface area contributed by atoms with Crippen molar-refractivity contribution in [3.63, 3.8) is 0 Å². The van der Waals surface area contributed by atoms with Gasteiger partial charge in [-0.3, -0.25) is 0 Å². The van der Waals surface area contributed by atoms with Crippen LogP contribution in [0.2, 0.25) is 5.02 Å². The lowest BCUT2D eigenvalue weighted by Crippen LogP contribution is -2.07. The molecule has 2 aromatic rings. The number of benzene rings is 1. The van der Waals surface area contributed by atoms with E-state index in [1.807, 2.05) is 6.92 Å². The van der Waals surface area contributed by atoms with Crippen molar-refractivity contribution in [1.29, 1.82) is 0 Å². The second-order valence-corrected chi connectivity index (χ2v) is 5.90. The second-order valence-electron chi connectivity index (χ2n) is 4.09. The first-order valence-corrected chi connectivity index (χ1v) is 7.02. The fraction of sp³-hybridized carbons (Fsp3) is 0.333. The highest BCUT2D eigenvalue weighted by atomic mass is 79.9. The van der Waals surface area contributed by atoms with Crippen molar-refractivity contribution in [2.45, 2.75) is 24.9 Å². The zero-order valence-corrected chi connectivity index (χ0v) is 12.8. The summed E-state index contributed by atoms with van der Waals surface area (Å²) in [7, 11) is 0. The Kier molecular flexibility index (Phi) is 4.93. The van der Waals surface area contributed by atoms with Crippen LogP contribution in [0.5, 0.6) is 5.75 Å².